The van der Waals surface area contributed by atoms with Crippen molar-refractivity contribution in [2.45, 2.75) is 26.4 Å². The van der Waals surface area contributed by atoms with Crippen LogP contribution >= 0.6 is 7.52 Å². The molecule has 6 rings (SSSR count). The predicted octanol–water partition coefficient (Wildman–Crippen LogP) is 5.72. The van der Waals surface area contributed by atoms with E-state index in [1.54, 1.807) is 73.5 Å². The molecule has 0 spiro atoms. The van der Waals surface area contributed by atoms with Gasteiger partial charge in [-0.15, -0.1) is 0 Å². The monoisotopic (exact) mass is 719 g/mol. The van der Waals surface area contributed by atoms with Gasteiger partial charge in [-0.05, 0) is 55.8 Å². The molecule has 5 aromatic rings. The molecule has 3 heterocycles. The molecule has 1 unspecified atom stereocenters. The number of benzene rings is 3. The first-order valence-corrected chi connectivity index (χ1v) is 18.4. The Kier molecular flexibility index (Phi) is 10.8. The third-order valence-electron chi connectivity index (χ3n) is 8.63. The number of piperazine rings is 1. The topological polar surface area (TPSA) is 156 Å². The molecule has 51 heavy (non-hydrogen) atoms. The summed E-state index contributed by atoms with van der Waals surface area (Å²) >= 11 is 0. The van der Waals surface area contributed by atoms with Crippen LogP contribution in [0.3, 0.4) is 0 Å². The number of nitrogens with one attached hydrogen (secondary N) is 1. The van der Waals surface area contributed by atoms with E-state index in [1.165, 1.54) is 22.9 Å². The van der Waals surface area contributed by atoms with Gasteiger partial charge in [0.2, 0.25) is 5.88 Å². The van der Waals surface area contributed by atoms with Gasteiger partial charge in [0, 0.05) is 50.5 Å². The molecule has 0 aliphatic carbocycles. The summed E-state index contributed by atoms with van der Waals surface area (Å²) in [4.78, 5) is 33.8. The highest BCUT2D eigenvalue weighted by Crippen LogP contribution is 2.46. The van der Waals surface area contributed by atoms with Gasteiger partial charge in [-0.2, -0.15) is 0 Å². The average molecular weight is 720 g/mol. The van der Waals surface area contributed by atoms with Gasteiger partial charge < -0.3 is 33.7 Å². The van der Waals surface area contributed by atoms with Crippen molar-refractivity contribution in [1.82, 2.24) is 24.4 Å². The molecule has 2 atom stereocenters. The number of carbonyl (C=O) groups is 2. The summed E-state index contributed by atoms with van der Waals surface area (Å²) in [5.41, 5.74) is 0.860. The molecule has 0 bridgehead atoms. The first-order valence-electron chi connectivity index (χ1n) is 16.6. The van der Waals surface area contributed by atoms with Gasteiger partial charge in [0.1, 0.15) is 23.1 Å². The number of carbonyl (C=O) groups excluding carboxylic acids is 2. The standard InChI is InChI=1S/C36H39FN5O8P/c1-3-48-35(45)24(2)39-51(47,50-27-8-5-4-6-9-27)21-20-40-16-18-41(19-17-40)36(46)49-33-28-10-7-15-38-31(28)32(43)30-29(33)23-42(34(30)44)22-25-11-13-26(37)14-12-25/h4-15,23-24,43-44H,3,16-22H2,1-2H3,(H,39,47)/t24-,51?/m0/s1. The number of esters is 1. The first-order chi connectivity index (χ1) is 24.5. The van der Waals surface area contributed by atoms with Crippen LogP contribution in [0.4, 0.5) is 9.18 Å². The number of hydrogen-bond donors (Lipinski definition) is 3. The molecule has 3 aromatic carbocycles. The predicted molar refractivity (Wildman–Crippen MR) is 189 cm³/mol. The van der Waals surface area contributed by atoms with E-state index in [-0.39, 0.29) is 53.4 Å². The largest absolute Gasteiger partial charge is 0.505 e. The number of phenolic OH excluding ortho intramolecular Hbond substituents is 1. The highest BCUT2D eigenvalue weighted by molar-refractivity contribution is 7.57. The van der Waals surface area contributed by atoms with Crippen LogP contribution in [0.2, 0.25) is 0 Å². The minimum Gasteiger partial charge on any atom is -0.505 e. The van der Waals surface area contributed by atoms with Crippen LogP contribution in [0.25, 0.3) is 21.7 Å². The fourth-order valence-electron chi connectivity index (χ4n) is 5.99. The number of ether oxygens (including phenoxy) is 2. The lowest BCUT2D eigenvalue weighted by Gasteiger charge is -2.35. The van der Waals surface area contributed by atoms with E-state index in [2.05, 4.69) is 10.1 Å². The number of fused-ring (bicyclic) bond motifs is 2. The molecule has 0 saturated carbocycles. The van der Waals surface area contributed by atoms with Crippen LogP contribution in [0.1, 0.15) is 19.4 Å². The maximum atomic E-state index is 14.0. The zero-order valence-corrected chi connectivity index (χ0v) is 29.1. The number of rotatable bonds is 12. The number of hydrogen-bond acceptors (Lipinski definition) is 10. The minimum atomic E-state index is -3.56. The Morgan fingerprint density at radius 3 is 2.43 bits per heavy atom. The summed E-state index contributed by atoms with van der Waals surface area (Å²) in [7, 11) is -3.56. The summed E-state index contributed by atoms with van der Waals surface area (Å²) in [5.74, 6) is -0.903. The molecule has 2 aromatic heterocycles. The smallest absolute Gasteiger partial charge is 0.415 e. The van der Waals surface area contributed by atoms with Crippen LogP contribution in [0, 0.1) is 5.82 Å². The van der Waals surface area contributed by atoms with Crippen LogP contribution in [-0.4, -0.2) is 93.2 Å². The molecule has 1 fully saturated rings. The third-order valence-corrected chi connectivity index (χ3v) is 10.7. The van der Waals surface area contributed by atoms with E-state index < -0.39 is 25.6 Å². The molecule has 3 N–H and O–H groups in total. The summed E-state index contributed by atoms with van der Waals surface area (Å²) in [5, 5.41) is 25.9. The fourth-order valence-corrected chi connectivity index (χ4v) is 7.97. The van der Waals surface area contributed by atoms with Crippen molar-refractivity contribution in [3.63, 3.8) is 0 Å². The number of aromatic nitrogens is 2. The Balaban J connectivity index is 1.15. The van der Waals surface area contributed by atoms with Gasteiger partial charge in [0.25, 0.3) is 0 Å². The maximum absolute atomic E-state index is 14.0. The Labute approximate surface area is 293 Å². The van der Waals surface area contributed by atoms with E-state index in [0.29, 0.717) is 54.8 Å². The summed E-state index contributed by atoms with van der Waals surface area (Å²) in [6.07, 6.45) is 2.54. The molecular formula is C36H39FN5O8P. The van der Waals surface area contributed by atoms with Gasteiger partial charge in [0.05, 0.1) is 30.1 Å². The highest BCUT2D eigenvalue weighted by atomic mass is 31.2. The first kappa shape index (κ1) is 35.6. The van der Waals surface area contributed by atoms with Crippen LogP contribution in [0.15, 0.2) is 79.1 Å². The van der Waals surface area contributed by atoms with Crippen molar-refractivity contribution in [3.05, 3.63) is 90.5 Å². The van der Waals surface area contributed by atoms with Crippen LogP contribution in [0.5, 0.6) is 23.1 Å². The molecule has 1 amide bonds. The summed E-state index contributed by atoms with van der Waals surface area (Å²) < 4.78 is 46.0. The fraction of sp³-hybridized carbons (Fsp3) is 0.306. The Morgan fingerprint density at radius 1 is 1.00 bits per heavy atom. The third kappa shape index (κ3) is 8.09. The lowest BCUT2D eigenvalue weighted by molar-refractivity contribution is -0.144. The van der Waals surface area contributed by atoms with Gasteiger partial charge in [-0.3, -0.25) is 19.2 Å². The van der Waals surface area contributed by atoms with Gasteiger partial charge in [0.15, 0.2) is 11.5 Å². The molecule has 0 radical (unpaired) electrons. The minimum absolute atomic E-state index is 0.0731. The average Bonchev–Trinajstić information content (AvgIpc) is 3.46. The molecule has 13 nitrogen and oxygen atoms in total. The normalized spacial score (nSPS) is 15.4. The van der Waals surface area contributed by atoms with E-state index in [0.717, 1.165) is 0 Å². The number of nitrogens with zero attached hydrogens (tertiary/aromatic N) is 4. The molecule has 268 valence electrons. The molecule has 15 heteroatoms. The second kappa shape index (κ2) is 15.4. The van der Waals surface area contributed by atoms with Crippen molar-refractivity contribution in [2.75, 3.05) is 45.5 Å². The zero-order chi connectivity index (χ0) is 36.1. The van der Waals surface area contributed by atoms with Crippen molar-refractivity contribution < 1.29 is 42.8 Å². The number of amides is 1. The number of halogens is 1. The van der Waals surface area contributed by atoms with E-state index in [4.69, 9.17) is 14.0 Å². The van der Waals surface area contributed by atoms with Gasteiger partial charge >= 0.3 is 19.6 Å². The van der Waals surface area contributed by atoms with E-state index in [1.807, 2.05) is 11.0 Å². The molecule has 1 saturated heterocycles. The second-order valence-corrected chi connectivity index (χ2v) is 14.4. The Morgan fingerprint density at radius 2 is 1.73 bits per heavy atom. The molecule has 1 aliphatic rings. The van der Waals surface area contributed by atoms with Crippen molar-refractivity contribution in [3.8, 4) is 23.1 Å². The van der Waals surface area contributed by atoms with Crippen molar-refractivity contribution >= 4 is 41.3 Å². The van der Waals surface area contributed by atoms with Gasteiger partial charge in [-0.25, -0.2) is 14.3 Å². The molecular weight excluding hydrogens is 680 g/mol. The number of pyridine rings is 1. The highest BCUT2D eigenvalue weighted by Gasteiger charge is 2.32. The maximum Gasteiger partial charge on any atom is 0.415 e. The number of para-hydroxylation sites is 1. The quantitative estimate of drug-likeness (QED) is 0.107. The Hall–Kier alpha value is -5.17. The summed E-state index contributed by atoms with van der Waals surface area (Å²) in [6, 6.07) is 17.0. The van der Waals surface area contributed by atoms with Crippen molar-refractivity contribution in [2.24, 2.45) is 0 Å². The number of aromatic hydroxyl groups is 2. The zero-order valence-electron chi connectivity index (χ0n) is 28.2. The lowest BCUT2D eigenvalue weighted by Crippen LogP contribution is -2.50. The van der Waals surface area contributed by atoms with E-state index in [9.17, 15) is 28.8 Å². The van der Waals surface area contributed by atoms with Crippen LogP contribution in [-0.2, 0) is 20.6 Å². The number of phenols is 1. The lowest BCUT2D eigenvalue weighted by atomic mass is 10.1. The van der Waals surface area contributed by atoms with E-state index >= 15 is 0 Å². The Bertz CT molecular complexity index is 2070. The van der Waals surface area contributed by atoms with Crippen molar-refractivity contribution in [1.29, 1.82) is 0 Å². The summed E-state index contributed by atoms with van der Waals surface area (Å²) in [6.45, 7) is 5.53. The van der Waals surface area contributed by atoms with Gasteiger partial charge in [-0.1, -0.05) is 30.3 Å². The molecule has 1 aliphatic heterocycles. The second-order valence-electron chi connectivity index (χ2n) is 12.2. The van der Waals surface area contributed by atoms with Crippen LogP contribution < -0.4 is 14.3 Å². The SMILES string of the molecule is CCOC(=O)[C@H](C)NP(=O)(CCN1CCN(C(=O)Oc2c3cccnc3c(O)c3c(O)n(Cc4ccc(F)cc4)cc23)CC1)Oc1ccccc1.